The topological polar surface area (TPSA) is 12.5 Å². The summed E-state index contributed by atoms with van der Waals surface area (Å²) >= 11 is 0. The van der Waals surface area contributed by atoms with Gasteiger partial charge in [-0.2, -0.15) is 0 Å². The van der Waals surface area contributed by atoms with E-state index in [9.17, 15) is 0 Å². The van der Waals surface area contributed by atoms with Crippen molar-refractivity contribution in [3.05, 3.63) is 0 Å². The molecule has 3 aliphatic rings. The number of piperidine rings is 1. The van der Waals surface area contributed by atoms with E-state index >= 15 is 0 Å². The molecule has 2 unspecified atom stereocenters. The van der Waals surface area contributed by atoms with Crippen molar-refractivity contribution in [2.24, 2.45) is 17.3 Å². The van der Waals surface area contributed by atoms with Crippen molar-refractivity contribution < 1.29 is 4.74 Å². The maximum absolute atomic E-state index is 6.32. The first-order valence-electron chi connectivity index (χ1n) is 11.0. The van der Waals surface area contributed by atoms with Gasteiger partial charge in [0.15, 0.2) is 0 Å². The lowest BCUT2D eigenvalue weighted by molar-refractivity contribution is -0.0238. The number of fused-ring (bicyclic) bond motifs is 1. The van der Waals surface area contributed by atoms with Gasteiger partial charge >= 0.3 is 0 Å². The van der Waals surface area contributed by atoms with Gasteiger partial charge in [0, 0.05) is 12.6 Å². The summed E-state index contributed by atoms with van der Waals surface area (Å²) in [6.07, 6.45) is 15.9. The normalized spacial score (nSPS) is 35.6. The smallest absolute Gasteiger partial charge is 0.0597 e. The van der Waals surface area contributed by atoms with Crippen LogP contribution in [0.4, 0.5) is 0 Å². The Morgan fingerprint density at radius 3 is 2.38 bits per heavy atom. The van der Waals surface area contributed by atoms with Crippen molar-refractivity contribution in [2.45, 2.75) is 104 Å². The zero-order chi connectivity index (χ0) is 17.0. The first kappa shape index (κ1) is 18.7. The molecule has 2 atom stereocenters. The maximum Gasteiger partial charge on any atom is 0.0597 e. The summed E-state index contributed by atoms with van der Waals surface area (Å²) in [6, 6.07) is 0.886. The van der Waals surface area contributed by atoms with Gasteiger partial charge in [0.2, 0.25) is 0 Å². The molecule has 0 aromatic carbocycles. The SMILES string of the molecule is CCC(C)(C)C1CCC(OCCN2CCCC3CCCCC32)CC1. The maximum atomic E-state index is 6.32. The quantitative estimate of drug-likeness (QED) is 0.621. The number of hydrogen-bond acceptors (Lipinski definition) is 2. The minimum absolute atomic E-state index is 0.523. The van der Waals surface area contributed by atoms with Gasteiger partial charge in [0.1, 0.15) is 0 Å². The molecule has 3 fully saturated rings. The summed E-state index contributed by atoms with van der Waals surface area (Å²) in [6.45, 7) is 10.7. The molecular formula is C22H41NO. The fourth-order valence-corrected chi connectivity index (χ4v) is 5.64. The highest BCUT2D eigenvalue weighted by Crippen LogP contribution is 2.41. The van der Waals surface area contributed by atoms with Crippen LogP contribution in [0.2, 0.25) is 0 Å². The van der Waals surface area contributed by atoms with E-state index in [1.807, 2.05) is 0 Å². The van der Waals surface area contributed by atoms with Crippen LogP contribution in [-0.2, 0) is 4.74 Å². The fourth-order valence-electron chi connectivity index (χ4n) is 5.64. The Hall–Kier alpha value is -0.0800. The van der Waals surface area contributed by atoms with Gasteiger partial charge in [0.25, 0.3) is 0 Å². The summed E-state index contributed by atoms with van der Waals surface area (Å²) in [5, 5.41) is 0. The highest BCUT2D eigenvalue weighted by molar-refractivity contribution is 4.87. The van der Waals surface area contributed by atoms with E-state index in [1.54, 1.807) is 0 Å². The van der Waals surface area contributed by atoms with Crippen molar-refractivity contribution in [2.75, 3.05) is 19.7 Å². The van der Waals surface area contributed by atoms with E-state index in [2.05, 4.69) is 25.7 Å². The molecule has 0 radical (unpaired) electrons. The number of nitrogens with zero attached hydrogens (tertiary/aromatic N) is 1. The van der Waals surface area contributed by atoms with Crippen molar-refractivity contribution in [1.82, 2.24) is 4.90 Å². The molecule has 1 saturated heterocycles. The Morgan fingerprint density at radius 2 is 1.62 bits per heavy atom. The first-order valence-corrected chi connectivity index (χ1v) is 11.0. The number of hydrogen-bond donors (Lipinski definition) is 0. The zero-order valence-electron chi connectivity index (χ0n) is 16.6. The molecule has 1 heterocycles. The van der Waals surface area contributed by atoms with Crippen molar-refractivity contribution in [3.63, 3.8) is 0 Å². The second-order valence-electron chi connectivity index (χ2n) is 9.48. The lowest BCUT2D eigenvalue weighted by Gasteiger charge is -2.44. The molecule has 140 valence electrons. The molecular weight excluding hydrogens is 294 g/mol. The van der Waals surface area contributed by atoms with Crippen molar-refractivity contribution >= 4 is 0 Å². The summed E-state index contributed by atoms with van der Waals surface area (Å²) in [5.41, 5.74) is 0.523. The summed E-state index contributed by atoms with van der Waals surface area (Å²) in [7, 11) is 0. The van der Waals surface area contributed by atoms with Gasteiger partial charge in [0.05, 0.1) is 12.7 Å². The number of rotatable bonds is 6. The molecule has 2 heteroatoms. The molecule has 0 N–H and O–H groups in total. The van der Waals surface area contributed by atoms with Gasteiger partial charge in [-0.15, -0.1) is 0 Å². The Balaban J connectivity index is 1.36. The lowest BCUT2D eigenvalue weighted by Crippen LogP contribution is -2.48. The second-order valence-corrected chi connectivity index (χ2v) is 9.48. The number of ether oxygens (including phenoxy) is 1. The van der Waals surface area contributed by atoms with E-state index in [-0.39, 0.29) is 0 Å². The van der Waals surface area contributed by atoms with Crippen LogP contribution in [0.15, 0.2) is 0 Å². The Bertz CT molecular complexity index is 370. The summed E-state index contributed by atoms with van der Waals surface area (Å²) in [5.74, 6) is 1.91. The Morgan fingerprint density at radius 1 is 0.917 bits per heavy atom. The minimum Gasteiger partial charge on any atom is -0.377 e. The number of likely N-dealkylation sites (tertiary alicyclic amines) is 1. The third kappa shape index (κ3) is 4.55. The molecule has 2 aliphatic carbocycles. The van der Waals surface area contributed by atoms with Crippen molar-refractivity contribution in [3.8, 4) is 0 Å². The van der Waals surface area contributed by atoms with Crippen molar-refractivity contribution in [1.29, 1.82) is 0 Å². The average Bonchev–Trinajstić information content (AvgIpc) is 2.62. The average molecular weight is 336 g/mol. The molecule has 0 aromatic heterocycles. The first-order chi connectivity index (χ1) is 11.6. The molecule has 1 aliphatic heterocycles. The Labute approximate surface area is 150 Å². The van der Waals surface area contributed by atoms with Gasteiger partial charge in [-0.05, 0) is 75.2 Å². The summed E-state index contributed by atoms with van der Waals surface area (Å²) in [4.78, 5) is 2.78. The van der Waals surface area contributed by atoms with Gasteiger partial charge < -0.3 is 4.74 Å². The third-order valence-corrected chi connectivity index (χ3v) is 7.78. The van der Waals surface area contributed by atoms with E-state index in [1.165, 1.54) is 83.7 Å². The third-order valence-electron chi connectivity index (χ3n) is 7.78. The fraction of sp³-hybridized carbons (Fsp3) is 1.00. The summed E-state index contributed by atoms with van der Waals surface area (Å²) < 4.78 is 6.32. The molecule has 3 rings (SSSR count). The van der Waals surface area contributed by atoms with Crippen LogP contribution in [0.25, 0.3) is 0 Å². The molecule has 0 aromatic rings. The zero-order valence-corrected chi connectivity index (χ0v) is 16.6. The van der Waals surface area contributed by atoms with Crippen LogP contribution in [0.5, 0.6) is 0 Å². The second kappa shape index (κ2) is 8.54. The van der Waals surface area contributed by atoms with Crippen LogP contribution in [0, 0.1) is 17.3 Å². The van der Waals surface area contributed by atoms with E-state index in [0.717, 1.165) is 24.5 Å². The Kier molecular flexibility index (Phi) is 6.65. The standard InChI is InChI=1S/C22H41NO/c1-4-22(2,3)19-11-13-20(14-12-19)24-17-16-23-15-7-9-18-8-5-6-10-21(18)23/h18-21H,4-17H2,1-3H3. The largest absolute Gasteiger partial charge is 0.377 e. The van der Waals surface area contributed by atoms with E-state index < -0.39 is 0 Å². The van der Waals surface area contributed by atoms with Crippen LogP contribution in [0.3, 0.4) is 0 Å². The highest BCUT2D eigenvalue weighted by atomic mass is 16.5. The van der Waals surface area contributed by atoms with E-state index in [0.29, 0.717) is 11.5 Å². The van der Waals surface area contributed by atoms with Crippen LogP contribution in [0.1, 0.15) is 91.4 Å². The molecule has 2 saturated carbocycles. The predicted molar refractivity (Wildman–Crippen MR) is 102 cm³/mol. The highest BCUT2D eigenvalue weighted by Gasteiger charge is 2.34. The lowest BCUT2D eigenvalue weighted by atomic mass is 9.69. The van der Waals surface area contributed by atoms with Crippen LogP contribution < -0.4 is 0 Å². The van der Waals surface area contributed by atoms with Crippen LogP contribution >= 0.6 is 0 Å². The van der Waals surface area contributed by atoms with Gasteiger partial charge in [-0.25, -0.2) is 0 Å². The molecule has 0 spiro atoms. The van der Waals surface area contributed by atoms with Gasteiger partial charge in [-0.1, -0.05) is 40.0 Å². The molecule has 2 nitrogen and oxygen atoms in total. The molecule has 0 amide bonds. The monoisotopic (exact) mass is 335 g/mol. The van der Waals surface area contributed by atoms with Crippen LogP contribution in [-0.4, -0.2) is 36.7 Å². The van der Waals surface area contributed by atoms with E-state index in [4.69, 9.17) is 4.74 Å². The minimum atomic E-state index is 0.523. The van der Waals surface area contributed by atoms with Gasteiger partial charge in [-0.3, -0.25) is 4.90 Å². The molecule has 24 heavy (non-hydrogen) atoms. The predicted octanol–water partition coefficient (Wildman–Crippen LogP) is 5.65. The molecule has 0 bridgehead atoms.